The minimum Gasteiger partial charge on any atom is -0.420 e. The Morgan fingerprint density at radius 1 is 1.22 bits per heavy atom. The van der Waals surface area contributed by atoms with Crippen LogP contribution in [0.1, 0.15) is 31.4 Å². The molecule has 0 N–H and O–H groups in total. The van der Waals surface area contributed by atoms with E-state index >= 15 is 0 Å². The average molecular weight is 242 g/mol. The summed E-state index contributed by atoms with van der Waals surface area (Å²) in [6.45, 7) is 0. The molecule has 2 rings (SSSR count). The number of rotatable bonds is 5. The fraction of sp³-hybridized carbons (Fsp3) is 0.357. The minimum atomic E-state index is -0.353. The van der Waals surface area contributed by atoms with Crippen molar-refractivity contribution in [2.24, 2.45) is 0 Å². The van der Waals surface area contributed by atoms with Crippen LogP contribution < -0.4 is 5.63 Å². The highest BCUT2D eigenvalue weighted by atomic mass is 16.4. The van der Waals surface area contributed by atoms with Gasteiger partial charge in [0.25, 0.3) is 0 Å². The van der Waals surface area contributed by atoms with Crippen molar-refractivity contribution in [3.63, 3.8) is 0 Å². The SMILES string of the molecule is N#CCCCCCc1nc2ccccc2oc1=O. The van der Waals surface area contributed by atoms with Crippen LogP contribution in [0.25, 0.3) is 11.1 Å². The lowest BCUT2D eigenvalue weighted by Gasteiger charge is -2.00. The van der Waals surface area contributed by atoms with Gasteiger partial charge in [0.1, 0.15) is 11.2 Å². The Morgan fingerprint density at radius 2 is 2.06 bits per heavy atom. The van der Waals surface area contributed by atoms with Crippen LogP contribution in [0.3, 0.4) is 0 Å². The van der Waals surface area contributed by atoms with E-state index in [0.29, 0.717) is 29.6 Å². The average Bonchev–Trinajstić information content (AvgIpc) is 2.39. The molecule has 0 amide bonds. The number of nitriles is 1. The predicted octanol–water partition coefficient (Wildman–Crippen LogP) is 2.81. The second kappa shape index (κ2) is 5.97. The van der Waals surface area contributed by atoms with Crippen molar-refractivity contribution in [1.29, 1.82) is 5.26 Å². The van der Waals surface area contributed by atoms with Gasteiger partial charge in [-0.25, -0.2) is 9.78 Å². The Balaban J connectivity index is 2.07. The van der Waals surface area contributed by atoms with Gasteiger partial charge in [0.05, 0.1) is 6.07 Å². The van der Waals surface area contributed by atoms with Crippen molar-refractivity contribution in [1.82, 2.24) is 4.98 Å². The number of benzene rings is 1. The molecule has 0 unspecified atom stereocenters. The van der Waals surface area contributed by atoms with Gasteiger partial charge in [-0.1, -0.05) is 18.6 Å². The van der Waals surface area contributed by atoms with Crippen LogP contribution in [0.5, 0.6) is 0 Å². The quantitative estimate of drug-likeness (QED) is 0.756. The third-order valence-electron chi connectivity index (χ3n) is 2.76. The van der Waals surface area contributed by atoms with E-state index in [1.54, 1.807) is 6.07 Å². The van der Waals surface area contributed by atoms with E-state index in [-0.39, 0.29) is 5.63 Å². The zero-order valence-electron chi connectivity index (χ0n) is 10.1. The Morgan fingerprint density at radius 3 is 2.89 bits per heavy atom. The summed E-state index contributed by atoms with van der Waals surface area (Å²) in [6, 6.07) is 9.35. The fourth-order valence-electron chi connectivity index (χ4n) is 1.82. The topological polar surface area (TPSA) is 66.9 Å². The lowest BCUT2D eigenvalue weighted by molar-refractivity contribution is 0.535. The molecule has 0 radical (unpaired) electrons. The highest BCUT2D eigenvalue weighted by Gasteiger charge is 2.06. The maximum Gasteiger partial charge on any atom is 0.358 e. The molecule has 0 saturated carbocycles. The summed E-state index contributed by atoms with van der Waals surface area (Å²) >= 11 is 0. The molecular weight excluding hydrogens is 228 g/mol. The van der Waals surface area contributed by atoms with Gasteiger partial charge >= 0.3 is 5.63 Å². The molecule has 4 nitrogen and oxygen atoms in total. The highest BCUT2D eigenvalue weighted by molar-refractivity contribution is 5.71. The summed E-state index contributed by atoms with van der Waals surface area (Å²) in [7, 11) is 0. The number of aromatic nitrogens is 1. The van der Waals surface area contributed by atoms with Crippen LogP contribution >= 0.6 is 0 Å². The predicted molar refractivity (Wildman–Crippen MR) is 68.1 cm³/mol. The summed E-state index contributed by atoms with van der Waals surface area (Å²) in [5.41, 5.74) is 1.36. The lowest BCUT2D eigenvalue weighted by atomic mass is 10.1. The second-order valence-electron chi connectivity index (χ2n) is 4.13. The third-order valence-corrected chi connectivity index (χ3v) is 2.76. The number of para-hydroxylation sites is 2. The van der Waals surface area contributed by atoms with Crippen LogP contribution in [0.4, 0.5) is 0 Å². The molecule has 18 heavy (non-hydrogen) atoms. The molecule has 4 heteroatoms. The Bertz CT molecular complexity index is 625. The van der Waals surface area contributed by atoms with Crippen LogP contribution in [0, 0.1) is 11.3 Å². The summed E-state index contributed by atoms with van der Waals surface area (Å²) in [6.07, 6.45) is 3.84. The molecule has 92 valence electrons. The van der Waals surface area contributed by atoms with E-state index in [0.717, 1.165) is 19.3 Å². The Labute approximate surface area is 105 Å². The number of aryl methyl sites for hydroxylation is 1. The largest absolute Gasteiger partial charge is 0.420 e. The van der Waals surface area contributed by atoms with E-state index in [4.69, 9.17) is 9.68 Å². The van der Waals surface area contributed by atoms with Gasteiger partial charge in [0, 0.05) is 6.42 Å². The molecule has 0 bridgehead atoms. The molecule has 1 aromatic heterocycles. The molecule has 0 saturated heterocycles. The summed E-state index contributed by atoms with van der Waals surface area (Å²) in [5.74, 6) is 0. The highest BCUT2D eigenvalue weighted by Crippen LogP contribution is 2.10. The molecule has 0 aliphatic rings. The first-order valence-electron chi connectivity index (χ1n) is 6.07. The molecule has 0 spiro atoms. The fourth-order valence-corrected chi connectivity index (χ4v) is 1.82. The molecule has 0 aliphatic heterocycles. The molecule has 1 heterocycles. The third kappa shape index (κ3) is 2.95. The molecule has 0 atom stereocenters. The summed E-state index contributed by atoms with van der Waals surface area (Å²) in [5, 5.41) is 8.42. The van der Waals surface area contributed by atoms with E-state index in [2.05, 4.69) is 11.1 Å². The van der Waals surface area contributed by atoms with Gasteiger partial charge in [-0.05, 0) is 31.4 Å². The minimum absolute atomic E-state index is 0.353. The Hall–Kier alpha value is -2.15. The van der Waals surface area contributed by atoms with Gasteiger partial charge in [0.15, 0.2) is 5.58 Å². The van der Waals surface area contributed by atoms with Crippen molar-refractivity contribution in [3.05, 3.63) is 40.4 Å². The standard InChI is InChI=1S/C14H14N2O2/c15-10-6-2-1-3-8-12-14(17)18-13-9-5-4-7-11(13)16-12/h4-5,7,9H,1-3,6,8H2. The number of hydrogen-bond acceptors (Lipinski definition) is 4. The molecule has 0 fully saturated rings. The summed E-state index contributed by atoms with van der Waals surface area (Å²) in [4.78, 5) is 16.0. The van der Waals surface area contributed by atoms with Crippen LogP contribution in [-0.2, 0) is 6.42 Å². The van der Waals surface area contributed by atoms with Crippen LogP contribution in [0.2, 0.25) is 0 Å². The van der Waals surface area contributed by atoms with Gasteiger partial charge in [-0.15, -0.1) is 0 Å². The maximum absolute atomic E-state index is 11.7. The number of fused-ring (bicyclic) bond motifs is 1. The van der Waals surface area contributed by atoms with Crippen molar-refractivity contribution >= 4 is 11.1 Å². The van der Waals surface area contributed by atoms with E-state index < -0.39 is 0 Å². The van der Waals surface area contributed by atoms with Gasteiger partial charge in [-0.3, -0.25) is 0 Å². The second-order valence-corrected chi connectivity index (χ2v) is 4.13. The molecular formula is C14H14N2O2. The zero-order valence-corrected chi connectivity index (χ0v) is 10.1. The van der Waals surface area contributed by atoms with Gasteiger partial charge in [-0.2, -0.15) is 5.26 Å². The van der Waals surface area contributed by atoms with Gasteiger partial charge < -0.3 is 4.42 Å². The molecule has 2 aromatic rings. The molecule has 1 aromatic carbocycles. The zero-order chi connectivity index (χ0) is 12.8. The summed E-state index contributed by atoms with van der Waals surface area (Å²) < 4.78 is 5.20. The van der Waals surface area contributed by atoms with E-state index in [1.165, 1.54) is 0 Å². The smallest absolute Gasteiger partial charge is 0.358 e. The number of nitrogens with zero attached hydrogens (tertiary/aromatic N) is 2. The van der Waals surface area contributed by atoms with Crippen molar-refractivity contribution in [2.45, 2.75) is 32.1 Å². The first-order chi connectivity index (χ1) is 8.81. The van der Waals surface area contributed by atoms with Crippen LogP contribution in [-0.4, -0.2) is 4.98 Å². The van der Waals surface area contributed by atoms with Gasteiger partial charge in [0.2, 0.25) is 0 Å². The van der Waals surface area contributed by atoms with Crippen LogP contribution in [0.15, 0.2) is 33.5 Å². The van der Waals surface area contributed by atoms with Crippen molar-refractivity contribution in [2.75, 3.05) is 0 Å². The Kier molecular flexibility index (Phi) is 4.08. The first-order valence-corrected chi connectivity index (χ1v) is 6.07. The van der Waals surface area contributed by atoms with Crippen molar-refractivity contribution in [3.8, 4) is 6.07 Å². The lowest BCUT2D eigenvalue weighted by Crippen LogP contribution is -2.10. The van der Waals surface area contributed by atoms with Crippen molar-refractivity contribution < 1.29 is 4.42 Å². The normalized spacial score (nSPS) is 10.4. The number of hydrogen-bond donors (Lipinski definition) is 0. The number of unbranched alkanes of at least 4 members (excludes halogenated alkanes) is 3. The maximum atomic E-state index is 11.7. The monoisotopic (exact) mass is 242 g/mol. The molecule has 0 aliphatic carbocycles. The first kappa shape index (κ1) is 12.3. The van der Waals surface area contributed by atoms with E-state index in [9.17, 15) is 4.79 Å². The van der Waals surface area contributed by atoms with E-state index in [1.807, 2.05) is 18.2 Å².